The second-order valence-corrected chi connectivity index (χ2v) is 7.05. The average molecular weight is 406 g/mol. The molecular weight excluding hydrogens is 384 g/mol. The van der Waals surface area contributed by atoms with Crippen molar-refractivity contribution in [3.8, 4) is 5.75 Å². The van der Waals surface area contributed by atoms with Gasteiger partial charge in [-0.3, -0.25) is 9.59 Å². The van der Waals surface area contributed by atoms with Crippen LogP contribution in [0.1, 0.15) is 45.3 Å². The molecule has 2 heterocycles. The number of carbonyl (C=O) groups excluding carboxylic acids is 2. The molecule has 8 nitrogen and oxygen atoms in total. The van der Waals surface area contributed by atoms with Gasteiger partial charge in [-0.2, -0.15) is 4.98 Å². The third kappa shape index (κ3) is 4.48. The minimum Gasteiger partial charge on any atom is -0.485 e. The number of para-hydroxylation sites is 1. The Labute approximate surface area is 173 Å². The summed E-state index contributed by atoms with van der Waals surface area (Å²) in [6.45, 7) is 3.39. The maximum atomic E-state index is 12.8. The quantitative estimate of drug-likeness (QED) is 0.673. The van der Waals surface area contributed by atoms with Crippen LogP contribution in [0.4, 0.5) is 5.69 Å². The van der Waals surface area contributed by atoms with Crippen LogP contribution in [0, 0.1) is 6.92 Å². The Morgan fingerprint density at radius 2 is 1.83 bits per heavy atom. The lowest BCUT2D eigenvalue weighted by Crippen LogP contribution is -2.27. The zero-order valence-corrected chi connectivity index (χ0v) is 16.6. The van der Waals surface area contributed by atoms with Crippen molar-refractivity contribution in [1.29, 1.82) is 0 Å². The van der Waals surface area contributed by atoms with Gasteiger partial charge in [0.25, 0.3) is 11.8 Å². The maximum Gasteiger partial charge on any atom is 0.259 e. The fourth-order valence-electron chi connectivity index (χ4n) is 3.32. The standard InChI is InChI=1S/C22H22N4O4/c1-15-23-20(25-30-15)14-29-19-7-3-2-6-18(19)21(27)24-17-10-8-16(9-11-17)22(28)26-12-4-5-13-26/h2-3,6-11H,4-5,12-14H2,1H3,(H,24,27). The summed E-state index contributed by atoms with van der Waals surface area (Å²) in [6.07, 6.45) is 2.10. The number of rotatable bonds is 6. The van der Waals surface area contributed by atoms with Crippen LogP contribution in [-0.4, -0.2) is 39.9 Å². The molecule has 1 saturated heterocycles. The van der Waals surface area contributed by atoms with Crippen molar-refractivity contribution in [1.82, 2.24) is 15.0 Å². The van der Waals surface area contributed by atoms with E-state index in [0.717, 1.165) is 25.9 Å². The number of nitrogens with zero attached hydrogens (tertiary/aromatic N) is 3. The lowest BCUT2D eigenvalue weighted by Gasteiger charge is -2.15. The van der Waals surface area contributed by atoms with Crippen molar-refractivity contribution < 1.29 is 18.8 Å². The zero-order valence-electron chi connectivity index (χ0n) is 16.6. The van der Waals surface area contributed by atoms with Crippen LogP contribution in [-0.2, 0) is 6.61 Å². The Morgan fingerprint density at radius 1 is 1.10 bits per heavy atom. The van der Waals surface area contributed by atoms with Gasteiger partial charge in [0.15, 0.2) is 6.61 Å². The second-order valence-electron chi connectivity index (χ2n) is 7.05. The van der Waals surface area contributed by atoms with Crippen molar-refractivity contribution in [2.45, 2.75) is 26.4 Å². The molecule has 1 fully saturated rings. The SMILES string of the molecule is Cc1nc(COc2ccccc2C(=O)Nc2ccc(C(=O)N3CCCC3)cc2)no1. The molecule has 1 aliphatic heterocycles. The number of aromatic nitrogens is 2. The molecule has 1 aliphatic rings. The van der Waals surface area contributed by atoms with Crippen LogP contribution in [0.25, 0.3) is 0 Å². The lowest BCUT2D eigenvalue weighted by atomic mass is 10.1. The molecule has 0 aliphatic carbocycles. The van der Waals surface area contributed by atoms with Crippen molar-refractivity contribution in [2.75, 3.05) is 18.4 Å². The Hall–Kier alpha value is -3.68. The van der Waals surface area contributed by atoms with Gasteiger partial charge in [-0.25, -0.2) is 0 Å². The topological polar surface area (TPSA) is 97.6 Å². The average Bonchev–Trinajstić information content (AvgIpc) is 3.44. The Morgan fingerprint density at radius 3 is 2.53 bits per heavy atom. The van der Waals surface area contributed by atoms with Gasteiger partial charge < -0.3 is 19.5 Å². The van der Waals surface area contributed by atoms with Crippen LogP contribution in [0.2, 0.25) is 0 Å². The van der Waals surface area contributed by atoms with Crippen molar-refractivity contribution in [3.05, 3.63) is 71.4 Å². The second kappa shape index (κ2) is 8.77. The van der Waals surface area contributed by atoms with Crippen LogP contribution in [0.15, 0.2) is 53.1 Å². The monoisotopic (exact) mass is 406 g/mol. The van der Waals surface area contributed by atoms with E-state index in [1.807, 2.05) is 4.90 Å². The molecule has 2 amide bonds. The lowest BCUT2D eigenvalue weighted by molar-refractivity contribution is 0.0792. The first kappa shape index (κ1) is 19.6. The third-order valence-electron chi connectivity index (χ3n) is 4.84. The van der Waals surface area contributed by atoms with Crippen LogP contribution in [0.3, 0.4) is 0 Å². The number of hydrogen-bond acceptors (Lipinski definition) is 6. The van der Waals surface area contributed by atoms with Gasteiger partial charge in [0.1, 0.15) is 5.75 Å². The number of aryl methyl sites for hydroxylation is 1. The third-order valence-corrected chi connectivity index (χ3v) is 4.84. The van der Waals surface area contributed by atoms with E-state index in [2.05, 4.69) is 15.5 Å². The summed E-state index contributed by atoms with van der Waals surface area (Å²) in [7, 11) is 0. The summed E-state index contributed by atoms with van der Waals surface area (Å²) < 4.78 is 10.6. The summed E-state index contributed by atoms with van der Waals surface area (Å²) in [5.41, 5.74) is 1.60. The van der Waals surface area contributed by atoms with E-state index >= 15 is 0 Å². The molecule has 0 radical (unpaired) electrons. The number of ether oxygens (including phenoxy) is 1. The van der Waals surface area contributed by atoms with Gasteiger partial charge in [-0.05, 0) is 49.2 Å². The first-order chi connectivity index (χ1) is 14.6. The molecule has 154 valence electrons. The van der Waals surface area contributed by atoms with E-state index in [9.17, 15) is 9.59 Å². The summed E-state index contributed by atoms with van der Waals surface area (Å²) >= 11 is 0. The van der Waals surface area contributed by atoms with Gasteiger partial charge in [0.05, 0.1) is 5.56 Å². The maximum absolute atomic E-state index is 12.8. The van der Waals surface area contributed by atoms with Crippen LogP contribution >= 0.6 is 0 Å². The highest BCUT2D eigenvalue weighted by molar-refractivity contribution is 6.06. The van der Waals surface area contributed by atoms with Crippen LogP contribution in [0.5, 0.6) is 5.75 Å². The summed E-state index contributed by atoms with van der Waals surface area (Å²) in [5.74, 6) is 0.986. The van der Waals surface area contributed by atoms with Gasteiger partial charge in [0.2, 0.25) is 11.7 Å². The minimum absolute atomic E-state index is 0.0285. The summed E-state index contributed by atoms with van der Waals surface area (Å²) in [5, 5.41) is 6.62. The number of amides is 2. The molecule has 0 atom stereocenters. The fraction of sp³-hybridized carbons (Fsp3) is 0.273. The van der Waals surface area contributed by atoms with Gasteiger partial charge in [-0.15, -0.1) is 0 Å². The molecule has 0 unspecified atom stereocenters. The molecule has 0 saturated carbocycles. The van der Waals surface area contributed by atoms with E-state index in [-0.39, 0.29) is 18.4 Å². The molecule has 0 bridgehead atoms. The fourth-order valence-corrected chi connectivity index (χ4v) is 3.32. The van der Waals surface area contributed by atoms with Crippen molar-refractivity contribution >= 4 is 17.5 Å². The molecule has 4 rings (SSSR count). The van der Waals surface area contributed by atoms with Crippen molar-refractivity contribution in [3.63, 3.8) is 0 Å². The molecule has 30 heavy (non-hydrogen) atoms. The predicted molar refractivity (Wildman–Crippen MR) is 109 cm³/mol. The number of anilines is 1. The largest absolute Gasteiger partial charge is 0.485 e. The summed E-state index contributed by atoms with van der Waals surface area (Å²) in [6, 6.07) is 13.9. The molecular formula is C22H22N4O4. The normalized spacial score (nSPS) is 13.3. The van der Waals surface area contributed by atoms with E-state index in [1.165, 1.54) is 0 Å². The van der Waals surface area contributed by atoms with E-state index in [0.29, 0.717) is 34.3 Å². The Bertz CT molecular complexity index is 1040. The number of hydrogen-bond donors (Lipinski definition) is 1. The van der Waals surface area contributed by atoms with Crippen LogP contribution < -0.4 is 10.1 Å². The first-order valence-corrected chi connectivity index (χ1v) is 9.82. The summed E-state index contributed by atoms with van der Waals surface area (Å²) in [4.78, 5) is 31.1. The zero-order chi connectivity index (χ0) is 20.9. The Balaban J connectivity index is 1.41. The van der Waals surface area contributed by atoms with Gasteiger partial charge in [-0.1, -0.05) is 17.3 Å². The highest BCUT2D eigenvalue weighted by Gasteiger charge is 2.19. The molecule has 8 heteroatoms. The molecule has 3 aromatic rings. The molecule has 1 N–H and O–H groups in total. The smallest absolute Gasteiger partial charge is 0.259 e. The highest BCUT2D eigenvalue weighted by atomic mass is 16.5. The molecule has 2 aromatic carbocycles. The Kier molecular flexibility index (Phi) is 5.74. The van der Waals surface area contributed by atoms with Crippen molar-refractivity contribution in [2.24, 2.45) is 0 Å². The van der Waals surface area contributed by atoms with E-state index in [1.54, 1.807) is 55.5 Å². The first-order valence-electron chi connectivity index (χ1n) is 9.82. The number of likely N-dealkylation sites (tertiary alicyclic amines) is 1. The van der Waals surface area contributed by atoms with E-state index in [4.69, 9.17) is 9.26 Å². The number of benzene rings is 2. The van der Waals surface area contributed by atoms with Gasteiger partial charge in [0, 0.05) is 31.3 Å². The van der Waals surface area contributed by atoms with E-state index < -0.39 is 0 Å². The minimum atomic E-state index is -0.312. The predicted octanol–water partition coefficient (Wildman–Crippen LogP) is 3.45. The molecule has 0 spiro atoms. The highest BCUT2D eigenvalue weighted by Crippen LogP contribution is 2.21. The van der Waals surface area contributed by atoms with Gasteiger partial charge >= 0.3 is 0 Å². The number of carbonyl (C=O) groups is 2. The number of nitrogens with one attached hydrogen (secondary N) is 1. The molecule has 1 aromatic heterocycles.